The van der Waals surface area contributed by atoms with Crippen molar-refractivity contribution in [3.63, 3.8) is 0 Å². The highest BCUT2D eigenvalue weighted by molar-refractivity contribution is 6.35. The number of hydrogen-bond donors (Lipinski definition) is 1. The van der Waals surface area contributed by atoms with Gasteiger partial charge in [-0.1, -0.05) is 11.6 Å². The van der Waals surface area contributed by atoms with E-state index >= 15 is 0 Å². The van der Waals surface area contributed by atoms with Gasteiger partial charge in [-0.2, -0.15) is 0 Å². The molecule has 1 saturated heterocycles. The van der Waals surface area contributed by atoms with Crippen LogP contribution in [-0.2, 0) is 4.74 Å². The van der Waals surface area contributed by atoms with Crippen molar-refractivity contribution in [1.82, 2.24) is 4.98 Å². The second-order valence-electron chi connectivity index (χ2n) is 5.56. The number of fused-ring (bicyclic) bond motifs is 1. The molecular weight excluding hydrogens is 272 g/mol. The molecule has 2 aromatic rings. The van der Waals surface area contributed by atoms with Gasteiger partial charge in [0.1, 0.15) is 0 Å². The Morgan fingerprint density at radius 2 is 1.95 bits per heavy atom. The minimum atomic E-state index is 0.299. The standard InChI is InChI=1S/C16H19ClN2O/c1-10-8-12(9-11(2)20-10)19-15-6-5-14(17)16-13(15)4-3-7-18-16/h3-7,10-12,19H,8-9H2,1-2H3. The fourth-order valence-electron chi connectivity index (χ4n) is 3.01. The summed E-state index contributed by atoms with van der Waals surface area (Å²) < 4.78 is 5.79. The molecular formula is C16H19ClN2O. The lowest BCUT2D eigenvalue weighted by Crippen LogP contribution is -2.36. The highest BCUT2D eigenvalue weighted by Gasteiger charge is 2.24. The summed E-state index contributed by atoms with van der Waals surface area (Å²) in [6.07, 6.45) is 4.42. The van der Waals surface area contributed by atoms with Gasteiger partial charge in [-0.15, -0.1) is 0 Å². The van der Waals surface area contributed by atoms with Crippen LogP contribution >= 0.6 is 11.6 Å². The molecule has 0 spiro atoms. The first-order valence-electron chi connectivity index (χ1n) is 7.08. The number of benzene rings is 1. The molecule has 0 bridgehead atoms. The van der Waals surface area contributed by atoms with Crippen molar-refractivity contribution in [3.8, 4) is 0 Å². The molecule has 2 atom stereocenters. The molecule has 4 heteroatoms. The molecule has 1 aliphatic rings. The number of pyridine rings is 1. The van der Waals surface area contributed by atoms with Gasteiger partial charge in [0, 0.05) is 23.3 Å². The van der Waals surface area contributed by atoms with Crippen molar-refractivity contribution >= 4 is 28.2 Å². The molecule has 1 aromatic heterocycles. The zero-order chi connectivity index (χ0) is 14.1. The Morgan fingerprint density at radius 3 is 2.70 bits per heavy atom. The Morgan fingerprint density at radius 1 is 1.20 bits per heavy atom. The van der Waals surface area contributed by atoms with Crippen molar-refractivity contribution in [1.29, 1.82) is 0 Å². The third-order valence-electron chi connectivity index (χ3n) is 3.78. The van der Waals surface area contributed by atoms with Gasteiger partial charge in [0.05, 0.1) is 22.7 Å². The predicted molar refractivity (Wildman–Crippen MR) is 83.4 cm³/mol. The Bertz CT molecular complexity index is 606. The van der Waals surface area contributed by atoms with Gasteiger partial charge in [-0.25, -0.2) is 0 Å². The van der Waals surface area contributed by atoms with Gasteiger partial charge in [0.2, 0.25) is 0 Å². The van der Waals surface area contributed by atoms with Crippen LogP contribution in [0, 0.1) is 0 Å². The molecule has 0 saturated carbocycles. The summed E-state index contributed by atoms with van der Waals surface area (Å²) in [5.74, 6) is 0. The molecule has 1 aliphatic heterocycles. The summed E-state index contributed by atoms with van der Waals surface area (Å²) >= 11 is 6.21. The largest absolute Gasteiger partial charge is 0.382 e. The smallest absolute Gasteiger partial charge is 0.0908 e. The van der Waals surface area contributed by atoms with Gasteiger partial charge >= 0.3 is 0 Å². The molecule has 2 heterocycles. The number of hydrogen-bond acceptors (Lipinski definition) is 3. The molecule has 0 amide bonds. The van der Waals surface area contributed by atoms with E-state index in [-0.39, 0.29) is 0 Å². The lowest BCUT2D eigenvalue weighted by atomic mass is 9.99. The van der Waals surface area contributed by atoms with Crippen molar-refractivity contribution < 1.29 is 4.74 Å². The van der Waals surface area contributed by atoms with Crippen LogP contribution in [0.3, 0.4) is 0 Å². The summed E-state index contributed by atoms with van der Waals surface area (Å²) in [6.45, 7) is 4.26. The number of aromatic nitrogens is 1. The van der Waals surface area contributed by atoms with Crippen LogP contribution in [0.2, 0.25) is 5.02 Å². The molecule has 1 fully saturated rings. The molecule has 106 valence electrons. The number of nitrogens with one attached hydrogen (secondary N) is 1. The Balaban J connectivity index is 1.89. The lowest BCUT2D eigenvalue weighted by molar-refractivity contribution is -0.0337. The van der Waals surface area contributed by atoms with Crippen molar-refractivity contribution in [2.24, 2.45) is 0 Å². The van der Waals surface area contributed by atoms with Crippen LogP contribution in [0.25, 0.3) is 10.9 Å². The topological polar surface area (TPSA) is 34.2 Å². The SMILES string of the molecule is CC1CC(Nc2ccc(Cl)c3ncccc23)CC(C)O1. The average Bonchev–Trinajstić information content (AvgIpc) is 2.41. The van der Waals surface area contributed by atoms with E-state index in [1.165, 1.54) is 0 Å². The second-order valence-corrected chi connectivity index (χ2v) is 5.97. The maximum atomic E-state index is 6.21. The Kier molecular flexibility index (Phi) is 3.81. The molecule has 0 radical (unpaired) electrons. The van der Waals surface area contributed by atoms with E-state index < -0.39 is 0 Å². The molecule has 3 rings (SSSR count). The van der Waals surface area contributed by atoms with E-state index in [9.17, 15) is 0 Å². The van der Waals surface area contributed by atoms with Crippen LogP contribution in [0.5, 0.6) is 0 Å². The monoisotopic (exact) mass is 290 g/mol. The number of nitrogens with zero attached hydrogens (tertiary/aromatic N) is 1. The fraction of sp³-hybridized carbons (Fsp3) is 0.438. The van der Waals surface area contributed by atoms with Crippen molar-refractivity contribution in [2.45, 2.75) is 44.9 Å². The molecule has 1 N–H and O–H groups in total. The maximum Gasteiger partial charge on any atom is 0.0908 e. The molecule has 3 nitrogen and oxygen atoms in total. The summed E-state index contributed by atoms with van der Waals surface area (Å²) in [5.41, 5.74) is 1.95. The molecule has 0 aliphatic carbocycles. The van der Waals surface area contributed by atoms with Gasteiger partial charge in [0.15, 0.2) is 0 Å². The molecule has 20 heavy (non-hydrogen) atoms. The van der Waals surface area contributed by atoms with Gasteiger partial charge in [0.25, 0.3) is 0 Å². The van der Waals surface area contributed by atoms with Crippen molar-refractivity contribution in [3.05, 3.63) is 35.5 Å². The number of ether oxygens (including phenoxy) is 1. The fourth-order valence-corrected chi connectivity index (χ4v) is 3.22. The van der Waals surface area contributed by atoms with Crippen LogP contribution in [0.4, 0.5) is 5.69 Å². The van der Waals surface area contributed by atoms with Crippen LogP contribution in [0.15, 0.2) is 30.5 Å². The normalized spacial score (nSPS) is 26.6. The Labute approximate surface area is 124 Å². The summed E-state index contributed by atoms with van der Waals surface area (Å²) in [6, 6.07) is 8.38. The van der Waals surface area contributed by atoms with E-state index in [0.29, 0.717) is 23.3 Å². The highest BCUT2D eigenvalue weighted by Crippen LogP contribution is 2.30. The minimum Gasteiger partial charge on any atom is -0.382 e. The third kappa shape index (κ3) is 2.74. The first kappa shape index (κ1) is 13.7. The third-order valence-corrected chi connectivity index (χ3v) is 4.08. The first-order valence-corrected chi connectivity index (χ1v) is 7.46. The number of rotatable bonds is 2. The zero-order valence-corrected chi connectivity index (χ0v) is 12.5. The second kappa shape index (κ2) is 5.58. The quantitative estimate of drug-likeness (QED) is 0.897. The molecule has 2 unspecified atom stereocenters. The average molecular weight is 291 g/mol. The van der Waals surface area contributed by atoms with Crippen LogP contribution < -0.4 is 5.32 Å². The van der Waals surface area contributed by atoms with E-state index in [1.807, 2.05) is 18.2 Å². The minimum absolute atomic E-state index is 0.299. The first-order chi connectivity index (χ1) is 9.63. The van der Waals surface area contributed by atoms with Gasteiger partial charge in [-0.05, 0) is 51.0 Å². The Hall–Kier alpha value is -1.32. The van der Waals surface area contributed by atoms with E-state index in [2.05, 4.69) is 30.2 Å². The van der Waals surface area contributed by atoms with E-state index in [4.69, 9.17) is 16.3 Å². The van der Waals surface area contributed by atoms with E-state index in [0.717, 1.165) is 29.4 Å². The lowest BCUT2D eigenvalue weighted by Gasteiger charge is -2.33. The highest BCUT2D eigenvalue weighted by atomic mass is 35.5. The van der Waals surface area contributed by atoms with Crippen LogP contribution in [-0.4, -0.2) is 23.2 Å². The predicted octanol–water partition coefficient (Wildman–Crippen LogP) is 4.26. The van der Waals surface area contributed by atoms with E-state index in [1.54, 1.807) is 6.20 Å². The van der Waals surface area contributed by atoms with Crippen molar-refractivity contribution in [2.75, 3.05) is 5.32 Å². The summed E-state index contributed by atoms with van der Waals surface area (Å²) in [5, 5.41) is 5.40. The maximum absolute atomic E-state index is 6.21. The zero-order valence-electron chi connectivity index (χ0n) is 11.8. The summed E-state index contributed by atoms with van der Waals surface area (Å²) in [7, 11) is 0. The van der Waals surface area contributed by atoms with Gasteiger partial charge < -0.3 is 10.1 Å². The van der Waals surface area contributed by atoms with Gasteiger partial charge in [-0.3, -0.25) is 4.98 Å². The van der Waals surface area contributed by atoms with Crippen LogP contribution in [0.1, 0.15) is 26.7 Å². The number of halogens is 1. The molecule has 1 aromatic carbocycles. The summed E-state index contributed by atoms with van der Waals surface area (Å²) in [4.78, 5) is 4.37. The number of anilines is 1.